The standard InChI is InChI=1S/C15H18N2O4/c16-13(18)11-7-3-4-8-12(11)17-14(19)9-5-1-2-6-10(9)15(20)21/h3-4,7-10H,1-2,5-6H2,(H2,16,18)(H,17,19)(H,20,21). The summed E-state index contributed by atoms with van der Waals surface area (Å²) in [6, 6.07) is 6.43. The molecule has 112 valence electrons. The SMILES string of the molecule is NC(=O)c1ccccc1NC(=O)C1CCCCC1C(=O)O. The number of carbonyl (C=O) groups excluding carboxylic acids is 2. The molecule has 0 spiro atoms. The number of rotatable bonds is 4. The Morgan fingerprint density at radius 3 is 2.33 bits per heavy atom. The molecule has 1 fully saturated rings. The molecule has 0 aliphatic heterocycles. The van der Waals surface area contributed by atoms with Crippen molar-refractivity contribution >= 4 is 23.5 Å². The fourth-order valence-electron chi connectivity index (χ4n) is 2.77. The Balaban J connectivity index is 2.17. The van der Waals surface area contributed by atoms with E-state index >= 15 is 0 Å². The summed E-state index contributed by atoms with van der Waals surface area (Å²) in [5.41, 5.74) is 5.80. The number of carboxylic acid groups (broad SMARTS) is 1. The van der Waals surface area contributed by atoms with Crippen molar-refractivity contribution in [1.82, 2.24) is 0 Å². The summed E-state index contributed by atoms with van der Waals surface area (Å²) in [7, 11) is 0. The van der Waals surface area contributed by atoms with Gasteiger partial charge in [0.25, 0.3) is 5.91 Å². The van der Waals surface area contributed by atoms with Gasteiger partial charge in [-0.1, -0.05) is 25.0 Å². The Hall–Kier alpha value is -2.37. The Labute approximate surface area is 122 Å². The van der Waals surface area contributed by atoms with Crippen LogP contribution in [-0.4, -0.2) is 22.9 Å². The van der Waals surface area contributed by atoms with Gasteiger partial charge in [-0.05, 0) is 25.0 Å². The van der Waals surface area contributed by atoms with Crippen LogP contribution < -0.4 is 11.1 Å². The Morgan fingerprint density at radius 1 is 1.10 bits per heavy atom. The van der Waals surface area contributed by atoms with Gasteiger partial charge in [0.05, 0.1) is 23.1 Å². The van der Waals surface area contributed by atoms with Gasteiger partial charge in [-0.2, -0.15) is 0 Å². The molecule has 1 aliphatic rings. The zero-order chi connectivity index (χ0) is 15.4. The van der Waals surface area contributed by atoms with Crippen LogP contribution in [0.5, 0.6) is 0 Å². The van der Waals surface area contributed by atoms with E-state index in [1.165, 1.54) is 6.07 Å². The summed E-state index contributed by atoms with van der Waals surface area (Å²) in [6.45, 7) is 0. The number of carboxylic acids is 1. The average Bonchev–Trinajstić information content (AvgIpc) is 2.47. The van der Waals surface area contributed by atoms with Crippen molar-refractivity contribution in [2.75, 3.05) is 5.32 Å². The maximum absolute atomic E-state index is 12.3. The van der Waals surface area contributed by atoms with Gasteiger partial charge in [0.2, 0.25) is 5.91 Å². The number of benzene rings is 1. The minimum absolute atomic E-state index is 0.216. The van der Waals surface area contributed by atoms with Crippen molar-refractivity contribution in [3.05, 3.63) is 29.8 Å². The highest BCUT2D eigenvalue weighted by atomic mass is 16.4. The lowest BCUT2D eigenvalue weighted by atomic mass is 9.78. The molecule has 2 rings (SSSR count). The molecule has 0 bridgehead atoms. The van der Waals surface area contributed by atoms with E-state index in [0.29, 0.717) is 18.5 Å². The third-order valence-electron chi connectivity index (χ3n) is 3.87. The van der Waals surface area contributed by atoms with Crippen LogP contribution in [0.1, 0.15) is 36.0 Å². The number of hydrogen-bond acceptors (Lipinski definition) is 3. The molecule has 1 aromatic carbocycles. The van der Waals surface area contributed by atoms with E-state index in [9.17, 15) is 19.5 Å². The van der Waals surface area contributed by atoms with Gasteiger partial charge in [-0.15, -0.1) is 0 Å². The molecule has 6 heteroatoms. The summed E-state index contributed by atoms with van der Waals surface area (Å²) in [4.78, 5) is 34.9. The molecule has 0 saturated heterocycles. The van der Waals surface area contributed by atoms with Crippen molar-refractivity contribution in [3.63, 3.8) is 0 Å². The van der Waals surface area contributed by atoms with Gasteiger partial charge in [0.1, 0.15) is 0 Å². The molecule has 21 heavy (non-hydrogen) atoms. The molecule has 1 aromatic rings. The monoisotopic (exact) mass is 290 g/mol. The van der Waals surface area contributed by atoms with Crippen LogP contribution in [0, 0.1) is 11.8 Å². The maximum Gasteiger partial charge on any atom is 0.307 e. The summed E-state index contributed by atoms with van der Waals surface area (Å²) >= 11 is 0. The number of nitrogens with one attached hydrogen (secondary N) is 1. The molecular weight excluding hydrogens is 272 g/mol. The van der Waals surface area contributed by atoms with E-state index in [2.05, 4.69) is 5.32 Å². The lowest BCUT2D eigenvalue weighted by molar-refractivity contribution is -0.147. The lowest BCUT2D eigenvalue weighted by Gasteiger charge is -2.27. The zero-order valence-corrected chi connectivity index (χ0v) is 11.5. The molecule has 1 saturated carbocycles. The predicted molar refractivity (Wildman–Crippen MR) is 76.7 cm³/mol. The minimum atomic E-state index is -0.946. The second kappa shape index (κ2) is 6.39. The minimum Gasteiger partial charge on any atom is -0.481 e. The van der Waals surface area contributed by atoms with E-state index in [1.54, 1.807) is 18.2 Å². The predicted octanol–water partition coefficient (Wildman–Crippen LogP) is 1.61. The first-order chi connectivity index (χ1) is 10.0. The van der Waals surface area contributed by atoms with E-state index in [-0.39, 0.29) is 11.5 Å². The Bertz CT molecular complexity index is 571. The zero-order valence-electron chi connectivity index (χ0n) is 11.5. The molecule has 4 N–H and O–H groups in total. The third-order valence-corrected chi connectivity index (χ3v) is 3.87. The van der Waals surface area contributed by atoms with Crippen LogP contribution in [0.4, 0.5) is 5.69 Å². The van der Waals surface area contributed by atoms with E-state index in [1.807, 2.05) is 0 Å². The quantitative estimate of drug-likeness (QED) is 0.782. The largest absolute Gasteiger partial charge is 0.481 e. The van der Waals surface area contributed by atoms with Crippen LogP contribution in [-0.2, 0) is 9.59 Å². The highest BCUT2D eigenvalue weighted by molar-refractivity contribution is 6.04. The molecule has 0 heterocycles. The van der Waals surface area contributed by atoms with Crippen LogP contribution >= 0.6 is 0 Å². The van der Waals surface area contributed by atoms with Gasteiger partial charge in [0.15, 0.2) is 0 Å². The van der Waals surface area contributed by atoms with Crippen molar-refractivity contribution in [2.24, 2.45) is 17.6 Å². The van der Waals surface area contributed by atoms with Crippen molar-refractivity contribution in [3.8, 4) is 0 Å². The van der Waals surface area contributed by atoms with Gasteiger partial charge < -0.3 is 16.2 Å². The molecule has 2 atom stereocenters. The molecule has 2 unspecified atom stereocenters. The number of carbonyl (C=O) groups is 3. The fraction of sp³-hybridized carbons (Fsp3) is 0.400. The molecular formula is C15H18N2O4. The molecule has 2 amide bonds. The van der Waals surface area contributed by atoms with Gasteiger partial charge in [-0.25, -0.2) is 0 Å². The first-order valence-electron chi connectivity index (χ1n) is 6.93. The average molecular weight is 290 g/mol. The Morgan fingerprint density at radius 2 is 1.71 bits per heavy atom. The number of amides is 2. The summed E-state index contributed by atoms with van der Waals surface area (Å²) < 4.78 is 0. The number of aliphatic carboxylic acids is 1. The van der Waals surface area contributed by atoms with Crippen LogP contribution in [0.3, 0.4) is 0 Å². The second-order valence-corrected chi connectivity index (χ2v) is 5.23. The van der Waals surface area contributed by atoms with Crippen LogP contribution in [0.25, 0.3) is 0 Å². The van der Waals surface area contributed by atoms with E-state index < -0.39 is 23.7 Å². The second-order valence-electron chi connectivity index (χ2n) is 5.23. The molecule has 0 aromatic heterocycles. The normalized spacial score (nSPS) is 21.5. The van der Waals surface area contributed by atoms with Gasteiger partial charge in [-0.3, -0.25) is 14.4 Å². The van der Waals surface area contributed by atoms with E-state index in [4.69, 9.17) is 5.73 Å². The van der Waals surface area contributed by atoms with E-state index in [0.717, 1.165) is 12.8 Å². The molecule has 6 nitrogen and oxygen atoms in total. The molecule has 1 aliphatic carbocycles. The number of primary amides is 1. The number of para-hydroxylation sites is 1. The maximum atomic E-state index is 12.3. The summed E-state index contributed by atoms with van der Waals surface area (Å²) in [6.07, 6.45) is 2.70. The van der Waals surface area contributed by atoms with Crippen molar-refractivity contribution in [2.45, 2.75) is 25.7 Å². The first kappa shape index (κ1) is 15.0. The smallest absolute Gasteiger partial charge is 0.307 e. The number of hydrogen-bond donors (Lipinski definition) is 3. The highest BCUT2D eigenvalue weighted by Gasteiger charge is 2.35. The van der Waals surface area contributed by atoms with Crippen molar-refractivity contribution in [1.29, 1.82) is 0 Å². The fourth-order valence-corrected chi connectivity index (χ4v) is 2.77. The van der Waals surface area contributed by atoms with Crippen molar-refractivity contribution < 1.29 is 19.5 Å². The Kier molecular flexibility index (Phi) is 4.57. The first-order valence-corrected chi connectivity index (χ1v) is 6.93. The summed E-state index contributed by atoms with van der Waals surface area (Å²) in [5.74, 6) is -3.19. The number of anilines is 1. The van der Waals surface area contributed by atoms with Crippen LogP contribution in [0.2, 0.25) is 0 Å². The lowest BCUT2D eigenvalue weighted by Crippen LogP contribution is -2.36. The van der Waals surface area contributed by atoms with Gasteiger partial charge >= 0.3 is 5.97 Å². The van der Waals surface area contributed by atoms with Crippen LogP contribution in [0.15, 0.2) is 24.3 Å². The number of nitrogens with two attached hydrogens (primary N) is 1. The summed E-state index contributed by atoms with van der Waals surface area (Å²) in [5, 5.41) is 11.9. The topological polar surface area (TPSA) is 109 Å². The third kappa shape index (κ3) is 3.39. The highest BCUT2D eigenvalue weighted by Crippen LogP contribution is 2.31. The van der Waals surface area contributed by atoms with Gasteiger partial charge in [0, 0.05) is 0 Å². The molecule has 0 radical (unpaired) electrons.